The monoisotopic (exact) mass is 263 g/mol. The lowest BCUT2D eigenvalue weighted by molar-refractivity contribution is 0.416. The fourth-order valence-electron chi connectivity index (χ4n) is 1.85. The molecule has 1 N–H and O–H groups in total. The first-order chi connectivity index (χ1) is 9.08. The molecule has 0 amide bonds. The number of ether oxygens (including phenoxy) is 1. The summed E-state index contributed by atoms with van der Waals surface area (Å²) in [6.07, 6.45) is 0. The molecule has 4 heteroatoms. The van der Waals surface area contributed by atoms with Gasteiger partial charge in [-0.25, -0.2) is 8.78 Å². The van der Waals surface area contributed by atoms with Crippen LogP contribution in [0.1, 0.15) is 11.1 Å². The molecule has 2 rings (SSSR count). The summed E-state index contributed by atoms with van der Waals surface area (Å²) in [4.78, 5) is 0. The summed E-state index contributed by atoms with van der Waals surface area (Å²) < 4.78 is 31.4. The molecule has 0 heterocycles. The second-order valence-corrected chi connectivity index (χ2v) is 4.33. The van der Waals surface area contributed by atoms with Crippen molar-refractivity contribution in [1.29, 1.82) is 0 Å². The molecule has 0 aliphatic heterocycles. The Balaban J connectivity index is 2.14. The molecular formula is C15H15F2NO. The van der Waals surface area contributed by atoms with Gasteiger partial charge in [0, 0.05) is 12.6 Å². The average molecular weight is 263 g/mol. The van der Waals surface area contributed by atoms with E-state index in [2.05, 4.69) is 5.32 Å². The Morgan fingerprint density at radius 2 is 1.74 bits per heavy atom. The molecule has 2 aromatic rings. The average Bonchev–Trinajstić information content (AvgIpc) is 2.36. The van der Waals surface area contributed by atoms with Crippen molar-refractivity contribution < 1.29 is 13.5 Å². The SMILES string of the molecule is COc1cc(C)ccc1NCc1cc(F)cc(F)c1. The normalized spacial score (nSPS) is 10.3. The Kier molecular flexibility index (Phi) is 4.00. The Morgan fingerprint density at radius 1 is 1.05 bits per heavy atom. The maximum Gasteiger partial charge on any atom is 0.142 e. The fraction of sp³-hybridized carbons (Fsp3) is 0.200. The number of halogens is 2. The minimum Gasteiger partial charge on any atom is -0.495 e. The van der Waals surface area contributed by atoms with Crippen LogP contribution in [-0.2, 0) is 6.54 Å². The van der Waals surface area contributed by atoms with Crippen molar-refractivity contribution in [3.05, 3.63) is 59.2 Å². The zero-order valence-corrected chi connectivity index (χ0v) is 10.8. The highest BCUT2D eigenvalue weighted by Crippen LogP contribution is 2.25. The first kappa shape index (κ1) is 13.3. The molecule has 0 spiro atoms. The van der Waals surface area contributed by atoms with E-state index in [0.29, 0.717) is 17.9 Å². The van der Waals surface area contributed by atoms with E-state index < -0.39 is 11.6 Å². The highest BCUT2D eigenvalue weighted by molar-refractivity contribution is 5.57. The molecule has 19 heavy (non-hydrogen) atoms. The quantitative estimate of drug-likeness (QED) is 0.903. The van der Waals surface area contributed by atoms with Gasteiger partial charge < -0.3 is 10.1 Å². The van der Waals surface area contributed by atoms with E-state index >= 15 is 0 Å². The van der Waals surface area contributed by atoms with Gasteiger partial charge in [0.15, 0.2) is 0 Å². The van der Waals surface area contributed by atoms with Crippen LogP contribution in [0, 0.1) is 18.6 Å². The first-order valence-corrected chi connectivity index (χ1v) is 5.92. The van der Waals surface area contributed by atoms with Gasteiger partial charge in [-0.3, -0.25) is 0 Å². The molecular weight excluding hydrogens is 248 g/mol. The summed E-state index contributed by atoms with van der Waals surface area (Å²) in [7, 11) is 1.59. The fourth-order valence-corrected chi connectivity index (χ4v) is 1.85. The molecule has 0 aliphatic carbocycles. The van der Waals surface area contributed by atoms with Crippen molar-refractivity contribution in [2.24, 2.45) is 0 Å². The van der Waals surface area contributed by atoms with Gasteiger partial charge in [0.05, 0.1) is 12.8 Å². The number of hydrogen-bond acceptors (Lipinski definition) is 2. The molecule has 0 fully saturated rings. The van der Waals surface area contributed by atoms with Crippen LogP contribution in [0.15, 0.2) is 36.4 Å². The maximum absolute atomic E-state index is 13.1. The minimum absolute atomic E-state index is 0.327. The standard InChI is InChI=1S/C15H15F2NO/c1-10-3-4-14(15(5-10)19-2)18-9-11-6-12(16)8-13(17)7-11/h3-8,18H,9H2,1-2H3. The Bertz CT molecular complexity index is 564. The van der Waals surface area contributed by atoms with E-state index in [1.54, 1.807) is 7.11 Å². The molecule has 100 valence electrons. The van der Waals surface area contributed by atoms with E-state index in [1.165, 1.54) is 12.1 Å². The molecule has 0 saturated heterocycles. The van der Waals surface area contributed by atoms with Crippen LogP contribution in [0.3, 0.4) is 0 Å². The summed E-state index contributed by atoms with van der Waals surface area (Å²) in [6.45, 7) is 2.29. The molecule has 0 unspecified atom stereocenters. The number of rotatable bonds is 4. The molecule has 0 aliphatic rings. The summed E-state index contributed by atoms with van der Waals surface area (Å²) >= 11 is 0. The first-order valence-electron chi connectivity index (χ1n) is 5.92. The van der Waals surface area contributed by atoms with Gasteiger partial charge in [0.1, 0.15) is 17.4 Å². The highest BCUT2D eigenvalue weighted by Gasteiger charge is 2.04. The Hall–Kier alpha value is -2.10. The van der Waals surface area contributed by atoms with Crippen LogP contribution in [0.25, 0.3) is 0 Å². The van der Waals surface area contributed by atoms with Gasteiger partial charge in [0.2, 0.25) is 0 Å². The van der Waals surface area contributed by atoms with Crippen molar-refractivity contribution >= 4 is 5.69 Å². The van der Waals surface area contributed by atoms with E-state index in [1.807, 2.05) is 25.1 Å². The summed E-state index contributed by atoms with van der Waals surface area (Å²) in [5.41, 5.74) is 2.41. The number of hydrogen-bond donors (Lipinski definition) is 1. The largest absolute Gasteiger partial charge is 0.495 e. The number of methoxy groups -OCH3 is 1. The van der Waals surface area contributed by atoms with Gasteiger partial charge in [-0.1, -0.05) is 6.07 Å². The van der Waals surface area contributed by atoms with Crippen LogP contribution >= 0.6 is 0 Å². The molecule has 0 saturated carbocycles. The van der Waals surface area contributed by atoms with Gasteiger partial charge in [0.25, 0.3) is 0 Å². The Morgan fingerprint density at radius 3 is 2.37 bits per heavy atom. The predicted molar refractivity (Wildman–Crippen MR) is 71.4 cm³/mol. The van der Waals surface area contributed by atoms with Crippen LogP contribution in [0.4, 0.5) is 14.5 Å². The smallest absolute Gasteiger partial charge is 0.142 e. The van der Waals surface area contributed by atoms with Crippen molar-refractivity contribution in [3.63, 3.8) is 0 Å². The van der Waals surface area contributed by atoms with Gasteiger partial charge >= 0.3 is 0 Å². The van der Waals surface area contributed by atoms with E-state index in [4.69, 9.17) is 4.74 Å². The van der Waals surface area contributed by atoms with Crippen LogP contribution in [0.2, 0.25) is 0 Å². The predicted octanol–water partition coefficient (Wildman–Crippen LogP) is 3.89. The third-order valence-corrected chi connectivity index (χ3v) is 2.76. The van der Waals surface area contributed by atoms with Crippen molar-refractivity contribution in [2.75, 3.05) is 12.4 Å². The number of anilines is 1. The molecule has 0 aromatic heterocycles. The zero-order valence-electron chi connectivity index (χ0n) is 10.8. The van der Waals surface area contributed by atoms with Crippen molar-refractivity contribution in [2.45, 2.75) is 13.5 Å². The second-order valence-electron chi connectivity index (χ2n) is 4.33. The second kappa shape index (κ2) is 5.69. The van der Waals surface area contributed by atoms with Gasteiger partial charge in [-0.2, -0.15) is 0 Å². The molecule has 0 radical (unpaired) electrons. The van der Waals surface area contributed by atoms with Gasteiger partial charge in [-0.15, -0.1) is 0 Å². The van der Waals surface area contributed by atoms with E-state index in [0.717, 1.165) is 17.3 Å². The molecule has 2 nitrogen and oxygen atoms in total. The molecule has 0 bridgehead atoms. The summed E-state index contributed by atoms with van der Waals surface area (Å²) in [6, 6.07) is 9.18. The van der Waals surface area contributed by atoms with Crippen LogP contribution < -0.4 is 10.1 Å². The third-order valence-electron chi connectivity index (χ3n) is 2.76. The lowest BCUT2D eigenvalue weighted by Crippen LogP contribution is -2.02. The Labute approximate surface area is 111 Å². The number of aryl methyl sites for hydroxylation is 1. The lowest BCUT2D eigenvalue weighted by Gasteiger charge is -2.12. The summed E-state index contributed by atoms with van der Waals surface area (Å²) in [5.74, 6) is -0.447. The molecule has 0 atom stereocenters. The molecule has 2 aromatic carbocycles. The number of nitrogens with one attached hydrogen (secondary N) is 1. The van der Waals surface area contributed by atoms with Crippen LogP contribution in [0.5, 0.6) is 5.75 Å². The topological polar surface area (TPSA) is 21.3 Å². The maximum atomic E-state index is 13.1. The lowest BCUT2D eigenvalue weighted by atomic mass is 10.2. The van der Waals surface area contributed by atoms with Crippen molar-refractivity contribution in [1.82, 2.24) is 0 Å². The van der Waals surface area contributed by atoms with E-state index in [9.17, 15) is 8.78 Å². The highest BCUT2D eigenvalue weighted by atomic mass is 19.1. The summed E-state index contributed by atoms with van der Waals surface area (Å²) in [5, 5.41) is 3.10. The van der Waals surface area contributed by atoms with Gasteiger partial charge in [-0.05, 0) is 42.3 Å². The van der Waals surface area contributed by atoms with E-state index in [-0.39, 0.29) is 0 Å². The van der Waals surface area contributed by atoms with Crippen LogP contribution in [-0.4, -0.2) is 7.11 Å². The third kappa shape index (κ3) is 3.44. The minimum atomic E-state index is -0.576. The number of benzene rings is 2. The van der Waals surface area contributed by atoms with Crippen molar-refractivity contribution in [3.8, 4) is 5.75 Å². The zero-order chi connectivity index (χ0) is 13.8.